The van der Waals surface area contributed by atoms with E-state index >= 15 is 0 Å². The van der Waals surface area contributed by atoms with Crippen LogP contribution in [0.25, 0.3) is 0 Å². The fourth-order valence-electron chi connectivity index (χ4n) is 2.00. The number of rotatable bonds is 7. The molecule has 2 amide bonds. The summed E-state index contributed by atoms with van der Waals surface area (Å²) in [6, 6.07) is 10.4. The van der Waals surface area contributed by atoms with Crippen LogP contribution in [0.4, 0.5) is 0 Å². The monoisotopic (exact) mass is 332 g/mol. The highest BCUT2D eigenvalue weighted by Gasteiger charge is 2.11. The van der Waals surface area contributed by atoms with Gasteiger partial charge in [-0.05, 0) is 35.6 Å². The Labute approximate surface area is 139 Å². The number of hydrogen-bond donors (Lipinski definition) is 3. The maximum atomic E-state index is 12.0. The Kier molecular flexibility index (Phi) is 6.31. The second-order valence-corrected chi connectivity index (χ2v) is 6.07. The standard InChI is InChI=1S/C17H20N2O3S/c1-2-14(11-20)19-16(21)13-7-5-12(6-8-13)10-18-17(22)15-4-3-9-23-15/h3-9,14,20H,2,10-11H2,1H3,(H,18,22)(H,19,21)/t14-/m0/s1. The van der Waals surface area contributed by atoms with E-state index in [4.69, 9.17) is 5.11 Å². The molecule has 1 atom stereocenters. The van der Waals surface area contributed by atoms with Gasteiger partial charge in [0.2, 0.25) is 0 Å². The second kappa shape index (κ2) is 8.45. The van der Waals surface area contributed by atoms with E-state index < -0.39 is 0 Å². The molecule has 2 rings (SSSR count). The number of aliphatic hydroxyl groups excluding tert-OH is 1. The van der Waals surface area contributed by atoms with Crippen molar-refractivity contribution in [3.05, 3.63) is 57.8 Å². The Morgan fingerprint density at radius 3 is 2.48 bits per heavy atom. The van der Waals surface area contributed by atoms with Crippen LogP contribution in [0, 0.1) is 0 Å². The predicted octanol–water partition coefficient (Wildman–Crippen LogP) is 2.18. The van der Waals surface area contributed by atoms with Gasteiger partial charge in [0.05, 0.1) is 17.5 Å². The fraction of sp³-hybridized carbons (Fsp3) is 0.294. The van der Waals surface area contributed by atoms with Crippen molar-refractivity contribution >= 4 is 23.2 Å². The van der Waals surface area contributed by atoms with Crippen molar-refractivity contribution in [1.82, 2.24) is 10.6 Å². The molecule has 122 valence electrons. The van der Waals surface area contributed by atoms with Gasteiger partial charge in [-0.2, -0.15) is 0 Å². The largest absolute Gasteiger partial charge is 0.394 e. The van der Waals surface area contributed by atoms with Crippen LogP contribution in [0.15, 0.2) is 41.8 Å². The quantitative estimate of drug-likeness (QED) is 0.727. The lowest BCUT2D eigenvalue weighted by Crippen LogP contribution is -2.36. The average molecular weight is 332 g/mol. The summed E-state index contributed by atoms with van der Waals surface area (Å²) in [5.74, 6) is -0.310. The molecule has 0 aliphatic rings. The summed E-state index contributed by atoms with van der Waals surface area (Å²) in [6.45, 7) is 2.24. The molecule has 5 nitrogen and oxygen atoms in total. The van der Waals surface area contributed by atoms with E-state index in [9.17, 15) is 9.59 Å². The molecule has 2 aromatic rings. The molecule has 0 aliphatic heterocycles. The number of thiophene rings is 1. The minimum Gasteiger partial charge on any atom is -0.394 e. The van der Waals surface area contributed by atoms with Crippen molar-refractivity contribution in [3.63, 3.8) is 0 Å². The highest BCUT2D eigenvalue weighted by Crippen LogP contribution is 2.09. The summed E-state index contributed by atoms with van der Waals surface area (Å²) in [5.41, 5.74) is 1.45. The highest BCUT2D eigenvalue weighted by molar-refractivity contribution is 7.12. The fourth-order valence-corrected chi connectivity index (χ4v) is 2.64. The Hall–Kier alpha value is -2.18. The molecule has 6 heteroatoms. The maximum Gasteiger partial charge on any atom is 0.261 e. The molecule has 0 saturated heterocycles. The molecular formula is C17H20N2O3S. The van der Waals surface area contributed by atoms with Gasteiger partial charge >= 0.3 is 0 Å². The third-order valence-electron chi connectivity index (χ3n) is 3.46. The van der Waals surface area contributed by atoms with E-state index in [0.717, 1.165) is 5.56 Å². The van der Waals surface area contributed by atoms with Crippen molar-refractivity contribution in [2.45, 2.75) is 25.9 Å². The minimum atomic E-state index is -0.229. The van der Waals surface area contributed by atoms with Gasteiger partial charge in [-0.25, -0.2) is 0 Å². The molecular weight excluding hydrogens is 312 g/mol. The zero-order valence-electron chi connectivity index (χ0n) is 12.9. The lowest BCUT2D eigenvalue weighted by Gasteiger charge is -2.14. The van der Waals surface area contributed by atoms with Crippen molar-refractivity contribution in [2.75, 3.05) is 6.61 Å². The van der Waals surface area contributed by atoms with Gasteiger partial charge in [0.15, 0.2) is 0 Å². The van der Waals surface area contributed by atoms with E-state index in [2.05, 4.69) is 10.6 Å². The first-order chi connectivity index (χ1) is 11.1. The Bertz CT molecular complexity index is 634. The van der Waals surface area contributed by atoms with Crippen LogP contribution in [0.1, 0.15) is 38.9 Å². The summed E-state index contributed by atoms with van der Waals surface area (Å²) in [6.07, 6.45) is 0.676. The maximum absolute atomic E-state index is 12.0. The normalized spacial score (nSPS) is 11.7. The molecule has 23 heavy (non-hydrogen) atoms. The molecule has 0 fully saturated rings. The van der Waals surface area contributed by atoms with Gasteiger partial charge in [-0.1, -0.05) is 25.1 Å². The molecule has 0 radical (unpaired) electrons. The molecule has 1 heterocycles. The molecule has 1 aromatic carbocycles. The molecule has 0 spiro atoms. The van der Waals surface area contributed by atoms with Gasteiger partial charge in [0.25, 0.3) is 11.8 Å². The first kappa shape index (κ1) is 17.2. The Morgan fingerprint density at radius 2 is 1.91 bits per heavy atom. The van der Waals surface area contributed by atoms with Gasteiger partial charge in [-0.3, -0.25) is 9.59 Å². The van der Waals surface area contributed by atoms with Gasteiger partial charge in [0.1, 0.15) is 0 Å². The molecule has 0 bridgehead atoms. The number of amides is 2. The zero-order chi connectivity index (χ0) is 16.7. The number of hydrogen-bond acceptors (Lipinski definition) is 4. The highest BCUT2D eigenvalue weighted by atomic mass is 32.1. The SMILES string of the molecule is CC[C@@H](CO)NC(=O)c1ccc(CNC(=O)c2cccs2)cc1. The Balaban J connectivity index is 1.89. The third-order valence-corrected chi connectivity index (χ3v) is 4.33. The van der Waals surface area contributed by atoms with Gasteiger partial charge in [-0.15, -0.1) is 11.3 Å². The smallest absolute Gasteiger partial charge is 0.261 e. The number of nitrogens with one attached hydrogen (secondary N) is 2. The third kappa shape index (κ3) is 4.91. The van der Waals surface area contributed by atoms with E-state index in [0.29, 0.717) is 23.4 Å². The van der Waals surface area contributed by atoms with Crippen LogP contribution in [-0.2, 0) is 6.54 Å². The van der Waals surface area contributed by atoms with Crippen molar-refractivity contribution in [3.8, 4) is 0 Å². The van der Waals surface area contributed by atoms with Crippen molar-refractivity contribution in [1.29, 1.82) is 0 Å². The lowest BCUT2D eigenvalue weighted by molar-refractivity contribution is 0.0913. The topological polar surface area (TPSA) is 78.4 Å². The summed E-state index contributed by atoms with van der Waals surface area (Å²) >= 11 is 1.40. The van der Waals surface area contributed by atoms with Crippen molar-refractivity contribution in [2.24, 2.45) is 0 Å². The number of aliphatic hydroxyl groups is 1. The van der Waals surface area contributed by atoms with E-state index in [1.54, 1.807) is 18.2 Å². The molecule has 1 aromatic heterocycles. The Morgan fingerprint density at radius 1 is 1.17 bits per heavy atom. The van der Waals surface area contributed by atoms with Crippen LogP contribution in [0.3, 0.4) is 0 Å². The minimum absolute atomic E-state index is 0.0743. The van der Waals surface area contributed by atoms with E-state index in [1.807, 2.05) is 30.5 Å². The first-order valence-corrected chi connectivity index (χ1v) is 8.34. The van der Waals surface area contributed by atoms with E-state index in [1.165, 1.54) is 11.3 Å². The number of carbonyl (C=O) groups is 2. The van der Waals surface area contributed by atoms with Gasteiger partial charge in [0, 0.05) is 12.1 Å². The van der Waals surface area contributed by atoms with Crippen LogP contribution < -0.4 is 10.6 Å². The van der Waals surface area contributed by atoms with Crippen LogP contribution >= 0.6 is 11.3 Å². The zero-order valence-corrected chi connectivity index (χ0v) is 13.7. The average Bonchev–Trinajstić information content (AvgIpc) is 3.12. The second-order valence-electron chi connectivity index (χ2n) is 5.12. The lowest BCUT2D eigenvalue weighted by atomic mass is 10.1. The van der Waals surface area contributed by atoms with Crippen molar-refractivity contribution < 1.29 is 14.7 Å². The first-order valence-electron chi connectivity index (χ1n) is 7.46. The number of carbonyl (C=O) groups excluding carboxylic acids is 2. The molecule has 0 unspecified atom stereocenters. The molecule has 3 N–H and O–H groups in total. The van der Waals surface area contributed by atoms with Crippen LogP contribution in [0.2, 0.25) is 0 Å². The van der Waals surface area contributed by atoms with Crippen LogP contribution in [-0.4, -0.2) is 29.6 Å². The predicted molar refractivity (Wildman–Crippen MR) is 90.6 cm³/mol. The van der Waals surface area contributed by atoms with Crippen LogP contribution in [0.5, 0.6) is 0 Å². The number of benzene rings is 1. The summed E-state index contributed by atoms with van der Waals surface area (Å²) < 4.78 is 0. The summed E-state index contributed by atoms with van der Waals surface area (Å²) in [4.78, 5) is 24.5. The van der Waals surface area contributed by atoms with Gasteiger partial charge < -0.3 is 15.7 Å². The van der Waals surface area contributed by atoms with E-state index in [-0.39, 0.29) is 24.5 Å². The summed E-state index contributed by atoms with van der Waals surface area (Å²) in [5, 5.41) is 16.6. The summed E-state index contributed by atoms with van der Waals surface area (Å²) in [7, 11) is 0. The molecule has 0 saturated carbocycles. The molecule has 0 aliphatic carbocycles.